The van der Waals surface area contributed by atoms with Crippen LogP contribution in [-0.2, 0) is 16.1 Å². The number of benzene rings is 1. The van der Waals surface area contributed by atoms with Crippen molar-refractivity contribution in [3.05, 3.63) is 54.0 Å². The van der Waals surface area contributed by atoms with Crippen LogP contribution in [0.4, 0.5) is 0 Å². The summed E-state index contributed by atoms with van der Waals surface area (Å²) in [4.78, 5) is 29.9. The molecular weight excluding hydrogens is 420 g/mol. The summed E-state index contributed by atoms with van der Waals surface area (Å²) in [6.07, 6.45) is 5.61. The van der Waals surface area contributed by atoms with Gasteiger partial charge in [0.25, 0.3) is 5.91 Å². The maximum absolute atomic E-state index is 13.3. The first kappa shape index (κ1) is 24.8. The van der Waals surface area contributed by atoms with Crippen LogP contribution in [0.5, 0.6) is 5.75 Å². The molecule has 1 aromatic heterocycles. The fourth-order valence-corrected chi connectivity index (χ4v) is 3.81. The highest BCUT2D eigenvalue weighted by Gasteiger charge is 2.28. The zero-order chi connectivity index (χ0) is 23.6. The third-order valence-corrected chi connectivity index (χ3v) is 5.79. The molecule has 1 unspecified atom stereocenters. The Morgan fingerprint density at radius 1 is 1.18 bits per heavy atom. The van der Waals surface area contributed by atoms with E-state index in [2.05, 4.69) is 6.92 Å². The number of unbranched alkanes of at least 4 members (excludes halogenated alkanes) is 1. The lowest BCUT2D eigenvalue weighted by atomic mass is 10.1. The van der Waals surface area contributed by atoms with Gasteiger partial charge in [-0.15, -0.1) is 0 Å². The number of carbonyl (C=O) groups excluding carboxylic acids is 2. The van der Waals surface area contributed by atoms with Crippen LogP contribution in [0.1, 0.15) is 62.6 Å². The molecule has 1 aromatic carbocycles. The summed E-state index contributed by atoms with van der Waals surface area (Å²) >= 11 is 0. The van der Waals surface area contributed by atoms with Gasteiger partial charge in [0.15, 0.2) is 0 Å². The molecule has 1 saturated heterocycles. The molecule has 7 heteroatoms. The van der Waals surface area contributed by atoms with Crippen molar-refractivity contribution >= 4 is 11.8 Å². The minimum atomic E-state index is -0.173. The number of nitrogens with zero attached hydrogens (tertiary/aromatic N) is 2. The van der Waals surface area contributed by atoms with Crippen molar-refractivity contribution in [2.75, 3.05) is 26.3 Å². The second kappa shape index (κ2) is 12.4. The van der Waals surface area contributed by atoms with E-state index in [1.54, 1.807) is 28.2 Å². The van der Waals surface area contributed by atoms with Gasteiger partial charge in [0.1, 0.15) is 18.1 Å². The van der Waals surface area contributed by atoms with Crippen molar-refractivity contribution in [2.45, 2.75) is 65.1 Å². The summed E-state index contributed by atoms with van der Waals surface area (Å²) in [7, 11) is 0. The van der Waals surface area contributed by atoms with E-state index in [0.717, 1.165) is 38.0 Å². The molecule has 33 heavy (non-hydrogen) atoms. The Kier molecular flexibility index (Phi) is 9.36. The van der Waals surface area contributed by atoms with Crippen molar-refractivity contribution in [1.29, 1.82) is 0 Å². The highest BCUT2D eigenvalue weighted by Crippen LogP contribution is 2.18. The smallest absolute Gasteiger partial charge is 0.254 e. The Labute approximate surface area is 196 Å². The fourth-order valence-electron chi connectivity index (χ4n) is 3.81. The van der Waals surface area contributed by atoms with Crippen LogP contribution >= 0.6 is 0 Å². The molecule has 1 aliphatic heterocycles. The van der Waals surface area contributed by atoms with Gasteiger partial charge < -0.3 is 23.7 Å². The summed E-state index contributed by atoms with van der Waals surface area (Å²) in [5.41, 5.74) is 0.538. The van der Waals surface area contributed by atoms with Crippen LogP contribution in [-0.4, -0.2) is 60.1 Å². The highest BCUT2D eigenvalue weighted by molar-refractivity contribution is 5.96. The maximum atomic E-state index is 13.3. The first-order valence-corrected chi connectivity index (χ1v) is 11.9. The molecule has 0 radical (unpaired) electrons. The first-order valence-electron chi connectivity index (χ1n) is 11.9. The van der Waals surface area contributed by atoms with Crippen molar-refractivity contribution in [1.82, 2.24) is 9.80 Å². The number of hydrogen-bond donors (Lipinski definition) is 0. The van der Waals surface area contributed by atoms with Gasteiger partial charge in [-0.25, -0.2) is 0 Å². The lowest BCUT2D eigenvalue weighted by Crippen LogP contribution is -2.47. The zero-order valence-corrected chi connectivity index (χ0v) is 20.0. The van der Waals surface area contributed by atoms with Crippen molar-refractivity contribution in [2.24, 2.45) is 0 Å². The number of carbonyl (C=O) groups is 2. The summed E-state index contributed by atoms with van der Waals surface area (Å²) in [5.74, 6) is 1.16. The standard InChI is InChI=1S/C26H36N2O5/c1-4-5-14-31-22-12-10-21(11-13-22)26(30)28(20(2)3)19-25(29)27(17-23-8-6-15-32-23)18-24-9-7-16-33-24/h6,8,10-13,15,20,24H,4-5,7,9,14,16-19H2,1-3H3. The Morgan fingerprint density at radius 3 is 2.58 bits per heavy atom. The van der Waals surface area contributed by atoms with Crippen molar-refractivity contribution in [3.8, 4) is 5.75 Å². The number of hydrogen-bond acceptors (Lipinski definition) is 5. The van der Waals surface area contributed by atoms with Gasteiger partial charge in [-0.1, -0.05) is 13.3 Å². The molecule has 1 atom stereocenters. The number of rotatable bonds is 12. The number of ether oxygens (including phenoxy) is 2. The Hall–Kier alpha value is -2.80. The molecular formula is C26H36N2O5. The van der Waals surface area contributed by atoms with E-state index in [-0.39, 0.29) is 30.5 Å². The van der Waals surface area contributed by atoms with E-state index in [9.17, 15) is 9.59 Å². The van der Waals surface area contributed by atoms with Gasteiger partial charge >= 0.3 is 0 Å². The lowest BCUT2D eigenvalue weighted by Gasteiger charge is -2.31. The van der Waals surface area contributed by atoms with Crippen LogP contribution in [0, 0.1) is 0 Å². The van der Waals surface area contributed by atoms with Gasteiger partial charge in [-0.2, -0.15) is 0 Å². The SMILES string of the molecule is CCCCOc1ccc(C(=O)N(CC(=O)N(Cc2ccco2)CC2CCCO2)C(C)C)cc1. The van der Waals surface area contributed by atoms with E-state index in [1.807, 2.05) is 38.1 Å². The molecule has 1 aliphatic rings. The van der Waals surface area contributed by atoms with Crippen LogP contribution in [0.15, 0.2) is 47.1 Å². The van der Waals surface area contributed by atoms with E-state index in [0.29, 0.717) is 31.0 Å². The van der Waals surface area contributed by atoms with Crippen LogP contribution in [0.3, 0.4) is 0 Å². The highest BCUT2D eigenvalue weighted by atomic mass is 16.5. The number of amides is 2. The van der Waals surface area contributed by atoms with Crippen molar-refractivity contribution in [3.63, 3.8) is 0 Å². The van der Waals surface area contributed by atoms with Crippen LogP contribution in [0.25, 0.3) is 0 Å². The average Bonchev–Trinajstić information content (AvgIpc) is 3.51. The molecule has 2 amide bonds. The molecule has 3 rings (SSSR count). The maximum Gasteiger partial charge on any atom is 0.254 e. The second-order valence-corrected chi connectivity index (χ2v) is 8.74. The monoisotopic (exact) mass is 456 g/mol. The van der Waals surface area contributed by atoms with Crippen LogP contribution in [0.2, 0.25) is 0 Å². The normalized spacial score (nSPS) is 15.6. The Bertz CT molecular complexity index is 857. The summed E-state index contributed by atoms with van der Waals surface area (Å²) < 4.78 is 16.9. The zero-order valence-electron chi connectivity index (χ0n) is 20.0. The van der Waals surface area contributed by atoms with Gasteiger partial charge in [-0.3, -0.25) is 9.59 Å². The third kappa shape index (κ3) is 7.35. The summed E-state index contributed by atoms with van der Waals surface area (Å²) in [6.45, 7) is 8.19. The third-order valence-electron chi connectivity index (χ3n) is 5.79. The summed E-state index contributed by atoms with van der Waals surface area (Å²) in [5, 5.41) is 0. The van der Waals surface area contributed by atoms with E-state index >= 15 is 0 Å². The number of furan rings is 1. The molecule has 0 aliphatic carbocycles. The van der Waals surface area contributed by atoms with Crippen molar-refractivity contribution < 1.29 is 23.5 Å². The van der Waals surface area contributed by atoms with E-state index in [4.69, 9.17) is 13.9 Å². The van der Waals surface area contributed by atoms with Gasteiger partial charge in [0.05, 0.1) is 25.5 Å². The topological polar surface area (TPSA) is 72.2 Å². The largest absolute Gasteiger partial charge is 0.494 e. The first-order chi connectivity index (χ1) is 16.0. The van der Waals surface area contributed by atoms with Gasteiger partial charge in [0.2, 0.25) is 5.91 Å². The quantitative estimate of drug-likeness (QED) is 0.439. The predicted octanol–water partition coefficient (Wildman–Crippen LogP) is 4.52. The molecule has 0 N–H and O–H groups in total. The Morgan fingerprint density at radius 2 is 1.97 bits per heavy atom. The van der Waals surface area contributed by atoms with E-state index in [1.165, 1.54) is 0 Å². The molecule has 180 valence electrons. The molecule has 0 spiro atoms. The molecule has 2 aromatic rings. The molecule has 0 saturated carbocycles. The Balaban J connectivity index is 1.67. The molecule has 1 fully saturated rings. The van der Waals surface area contributed by atoms with Gasteiger partial charge in [0, 0.05) is 24.8 Å². The predicted molar refractivity (Wildman–Crippen MR) is 126 cm³/mol. The minimum Gasteiger partial charge on any atom is -0.494 e. The van der Waals surface area contributed by atoms with E-state index < -0.39 is 0 Å². The molecule has 2 heterocycles. The van der Waals surface area contributed by atoms with Crippen LogP contribution < -0.4 is 4.74 Å². The second-order valence-electron chi connectivity index (χ2n) is 8.74. The minimum absolute atomic E-state index is 0.00131. The summed E-state index contributed by atoms with van der Waals surface area (Å²) in [6, 6.07) is 10.7. The molecule has 7 nitrogen and oxygen atoms in total. The molecule has 0 bridgehead atoms. The lowest BCUT2D eigenvalue weighted by molar-refractivity contribution is -0.134. The average molecular weight is 457 g/mol. The fraction of sp³-hybridized carbons (Fsp3) is 0.538. The van der Waals surface area contributed by atoms with Gasteiger partial charge in [-0.05, 0) is 69.5 Å².